The van der Waals surface area contributed by atoms with E-state index >= 15 is 0 Å². The summed E-state index contributed by atoms with van der Waals surface area (Å²) in [4.78, 5) is 31.4. The van der Waals surface area contributed by atoms with Gasteiger partial charge in [-0.15, -0.1) is 0 Å². The third-order valence-electron chi connectivity index (χ3n) is 7.36. The number of urea groups is 1. The molecule has 4 aromatic rings. The zero-order valence-electron chi connectivity index (χ0n) is 22.2. The molecule has 0 bridgehead atoms. The summed E-state index contributed by atoms with van der Waals surface area (Å²) in [7, 11) is 0. The van der Waals surface area contributed by atoms with Gasteiger partial charge in [-0.25, -0.2) is 4.79 Å². The number of fused-ring (bicyclic) bond motifs is 3. The van der Waals surface area contributed by atoms with E-state index in [1.165, 1.54) is 0 Å². The lowest BCUT2D eigenvalue weighted by Gasteiger charge is -2.39. The van der Waals surface area contributed by atoms with Crippen LogP contribution in [0.2, 0.25) is 0 Å². The quantitative estimate of drug-likeness (QED) is 0.310. The van der Waals surface area contributed by atoms with E-state index in [0.717, 1.165) is 41.0 Å². The highest BCUT2D eigenvalue weighted by Crippen LogP contribution is 2.42. The van der Waals surface area contributed by atoms with Crippen molar-refractivity contribution in [1.82, 2.24) is 9.47 Å². The average Bonchev–Trinajstić information content (AvgIpc) is 3.67. The first-order valence-corrected chi connectivity index (χ1v) is 13.5. The Bertz CT molecular complexity index is 1510. The molecule has 1 N–H and O–H groups in total. The number of aryl methyl sites for hydroxylation is 1. The minimum absolute atomic E-state index is 0.0231. The number of carbonyl (C=O) groups excluding carboxylic acids is 2. The van der Waals surface area contributed by atoms with Crippen LogP contribution in [0.25, 0.3) is 5.69 Å². The molecule has 2 heterocycles. The summed E-state index contributed by atoms with van der Waals surface area (Å²) in [5, 5.41) is 2.99. The summed E-state index contributed by atoms with van der Waals surface area (Å²) in [6, 6.07) is 27.2. The molecule has 7 heteroatoms. The van der Waals surface area contributed by atoms with Crippen LogP contribution >= 0.6 is 0 Å². The summed E-state index contributed by atoms with van der Waals surface area (Å²) in [6.45, 7) is 4.44. The highest BCUT2D eigenvalue weighted by Gasteiger charge is 2.40. The first-order chi connectivity index (χ1) is 19.0. The molecule has 0 radical (unpaired) electrons. The van der Waals surface area contributed by atoms with E-state index in [1.807, 2.05) is 72.6 Å². The topological polar surface area (TPSA) is 66.8 Å². The Morgan fingerprint density at radius 3 is 2.38 bits per heavy atom. The first kappa shape index (κ1) is 24.8. The molecule has 1 saturated carbocycles. The molecule has 1 aromatic heterocycles. The SMILES string of the molecule is CCOc1ccccc1NC(=O)N(CC(=O)N1c2ccccc2-n2cccc2C1c1ccc(C)cc1)C1CC1. The third-order valence-corrected chi connectivity index (χ3v) is 7.36. The summed E-state index contributed by atoms with van der Waals surface area (Å²) >= 11 is 0. The van der Waals surface area contributed by atoms with Gasteiger partial charge >= 0.3 is 6.03 Å². The van der Waals surface area contributed by atoms with Crippen LogP contribution in [0.1, 0.15) is 42.6 Å². The number of nitrogens with one attached hydrogen (secondary N) is 1. The highest BCUT2D eigenvalue weighted by molar-refractivity contribution is 6.02. The van der Waals surface area contributed by atoms with E-state index in [0.29, 0.717) is 18.0 Å². The van der Waals surface area contributed by atoms with Crippen LogP contribution in [-0.4, -0.2) is 40.6 Å². The van der Waals surface area contributed by atoms with Crippen molar-refractivity contribution in [2.45, 2.75) is 38.8 Å². The average molecular weight is 521 g/mol. The fraction of sp³-hybridized carbons (Fsp3) is 0.250. The van der Waals surface area contributed by atoms with Crippen LogP contribution in [0.5, 0.6) is 5.75 Å². The fourth-order valence-corrected chi connectivity index (χ4v) is 5.34. The minimum atomic E-state index is -0.314. The van der Waals surface area contributed by atoms with Crippen molar-refractivity contribution in [3.63, 3.8) is 0 Å². The lowest BCUT2D eigenvalue weighted by Crippen LogP contribution is -2.48. The van der Waals surface area contributed by atoms with Gasteiger partial charge < -0.3 is 19.5 Å². The molecule has 3 amide bonds. The standard InChI is InChI=1S/C32H32N4O3/c1-3-39-29-13-7-4-9-25(29)33-32(38)35(24-18-19-24)21-30(37)36-27-11-6-5-10-26(27)34-20-8-12-28(34)31(36)23-16-14-22(2)15-17-23/h4-17,20,24,31H,3,18-19,21H2,1-2H3,(H,33,38). The van der Waals surface area contributed by atoms with Crippen molar-refractivity contribution in [3.8, 4) is 11.4 Å². The van der Waals surface area contributed by atoms with Crippen LogP contribution in [0.3, 0.4) is 0 Å². The number of aromatic nitrogens is 1. The highest BCUT2D eigenvalue weighted by atomic mass is 16.5. The van der Waals surface area contributed by atoms with Gasteiger partial charge in [-0.1, -0.05) is 54.1 Å². The minimum Gasteiger partial charge on any atom is -0.492 e. The van der Waals surface area contributed by atoms with Gasteiger partial charge in [0.2, 0.25) is 5.91 Å². The smallest absolute Gasteiger partial charge is 0.322 e. The molecule has 6 rings (SSSR count). The fourth-order valence-electron chi connectivity index (χ4n) is 5.34. The van der Waals surface area contributed by atoms with E-state index < -0.39 is 0 Å². The molecule has 0 saturated heterocycles. The monoisotopic (exact) mass is 520 g/mol. The molecule has 1 unspecified atom stereocenters. The van der Waals surface area contributed by atoms with Gasteiger partial charge in [0, 0.05) is 12.2 Å². The maximum absolute atomic E-state index is 14.3. The van der Waals surface area contributed by atoms with Gasteiger partial charge in [0.05, 0.1) is 29.4 Å². The summed E-state index contributed by atoms with van der Waals surface area (Å²) in [5.41, 5.74) is 5.57. The first-order valence-electron chi connectivity index (χ1n) is 13.5. The molecule has 3 aromatic carbocycles. The van der Waals surface area contributed by atoms with Crippen molar-refractivity contribution in [2.24, 2.45) is 0 Å². The van der Waals surface area contributed by atoms with E-state index in [9.17, 15) is 9.59 Å². The zero-order chi connectivity index (χ0) is 26.9. The predicted molar refractivity (Wildman–Crippen MR) is 153 cm³/mol. The number of hydrogen-bond donors (Lipinski definition) is 1. The Hall–Kier alpha value is -4.52. The van der Waals surface area contributed by atoms with Crippen molar-refractivity contribution >= 4 is 23.3 Å². The molecule has 39 heavy (non-hydrogen) atoms. The maximum Gasteiger partial charge on any atom is 0.322 e. The van der Waals surface area contributed by atoms with Gasteiger partial charge in [-0.05, 0) is 68.7 Å². The van der Waals surface area contributed by atoms with Gasteiger partial charge in [0.25, 0.3) is 0 Å². The van der Waals surface area contributed by atoms with E-state index in [2.05, 4.69) is 47.1 Å². The number of ether oxygens (including phenoxy) is 1. The number of para-hydroxylation sites is 4. The molecule has 1 aliphatic carbocycles. The molecular weight excluding hydrogens is 488 g/mol. The number of hydrogen-bond acceptors (Lipinski definition) is 3. The molecule has 2 aliphatic rings. The Morgan fingerprint density at radius 1 is 0.923 bits per heavy atom. The molecule has 1 fully saturated rings. The Morgan fingerprint density at radius 2 is 1.64 bits per heavy atom. The summed E-state index contributed by atoms with van der Waals surface area (Å²) < 4.78 is 7.85. The number of anilines is 2. The Kier molecular flexibility index (Phi) is 6.57. The second-order valence-corrected chi connectivity index (χ2v) is 10.1. The summed E-state index contributed by atoms with van der Waals surface area (Å²) in [6.07, 6.45) is 3.81. The second-order valence-electron chi connectivity index (χ2n) is 10.1. The number of rotatable bonds is 7. The van der Waals surface area contributed by atoms with Crippen molar-refractivity contribution in [3.05, 3.63) is 108 Å². The largest absolute Gasteiger partial charge is 0.492 e. The molecule has 1 aliphatic heterocycles. The number of carbonyl (C=O) groups is 2. The molecule has 7 nitrogen and oxygen atoms in total. The van der Waals surface area contributed by atoms with Gasteiger partial charge in [0.1, 0.15) is 18.3 Å². The molecular formula is C32H32N4O3. The van der Waals surface area contributed by atoms with Crippen LogP contribution in [0, 0.1) is 6.92 Å². The van der Waals surface area contributed by atoms with Crippen molar-refractivity contribution in [1.29, 1.82) is 0 Å². The van der Waals surface area contributed by atoms with Crippen LogP contribution in [0.4, 0.5) is 16.2 Å². The van der Waals surface area contributed by atoms with Crippen LogP contribution in [-0.2, 0) is 4.79 Å². The molecule has 1 atom stereocenters. The zero-order valence-corrected chi connectivity index (χ0v) is 22.2. The molecule has 0 spiro atoms. The van der Waals surface area contributed by atoms with Gasteiger partial charge in [-0.2, -0.15) is 0 Å². The van der Waals surface area contributed by atoms with Crippen LogP contribution < -0.4 is 15.0 Å². The Labute approximate surface area is 228 Å². The lowest BCUT2D eigenvalue weighted by molar-refractivity contribution is -0.119. The second kappa shape index (κ2) is 10.3. The lowest BCUT2D eigenvalue weighted by atomic mass is 9.97. The maximum atomic E-state index is 14.3. The van der Waals surface area contributed by atoms with E-state index in [4.69, 9.17) is 4.74 Å². The number of nitrogens with zero attached hydrogens (tertiary/aromatic N) is 3. The van der Waals surface area contributed by atoms with Crippen molar-refractivity contribution in [2.75, 3.05) is 23.4 Å². The van der Waals surface area contributed by atoms with Gasteiger partial charge in [0.15, 0.2) is 0 Å². The Balaban J connectivity index is 1.34. The number of amides is 3. The van der Waals surface area contributed by atoms with E-state index in [1.54, 1.807) is 4.90 Å². The number of benzene rings is 3. The normalized spacial score (nSPS) is 15.7. The van der Waals surface area contributed by atoms with Crippen LogP contribution in [0.15, 0.2) is 91.1 Å². The van der Waals surface area contributed by atoms with E-state index in [-0.39, 0.29) is 30.6 Å². The summed E-state index contributed by atoms with van der Waals surface area (Å²) in [5.74, 6) is 0.487. The third kappa shape index (κ3) is 4.76. The predicted octanol–water partition coefficient (Wildman–Crippen LogP) is 6.32. The van der Waals surface area contributed by atoms with Crippen molar-refractivity contribution < 1.29 is 14.3 Å². The molecule has 198 valence electrons. The van der Waals surface area contributed by atoms with Gasteiger partial charge in [-0.3, -0.25) is 9.69 Å².